The van der Waals surface area contributed by atoms with E-state index in [-0.39, 0.29) is 5.82 Å². The molecule has 3 rings (SSSR count). The van der Waals surface area contributed by atoms with Gasteiger partial charge in [0, 0.05) is 12.4 Å². The van der Waals surface area contributed by atoms with E-state index >= 15 is 0 Å². The van der Waals surface area contributed by atoms with Crippen molar-refractivity contribution >= 4 is 5.69 Å². The molecule has 2 heterocycles. The van der Waals surface area contributed by atoms with E-state index in [1.54, 1.807) is 36.8 Å². The van der Waals surface area contributed by atoms with Gasteiger partial charge in [0.1, 0.15) is 22.9 Å². The lowest BCUT2D eigenvalue weighted by Gasteiger charge is -2.02. The molecule has 0 amide bonds. The number of rotatable bonds is 2. The van der Waals surface area contributed by atoms with Crippen LogP contribution in [0.15, 0.2) is 42.9 Å². The zero-order chi connectivity index (χ0) is 14.1. The zero-order valence-electron chi connectivity index (χ0n) is 10.8. The van der Waals surface area contributed by atoms with Gasteiger partial charge in [-0.1, -0.05) is 12.1 Å². The van der Waals surface area contributed by atoms with Gasteiger partial charge in [-0.2, -0.15) is 5.10 Å². The summed E-state index contributed by atoms with van der Waals surface area (Å²) in [5.74, 6) is -0.364. The van der Waals surface area contributed by atoms with Gasteiger partial charge in [-0.15, -0.1) is 0 Å². The number of hydrogen-bond donors (Lipinski definition) is 1. The fraction of sp³-hybridized carbons (Fsp3) is 0.0714. The monoisotopic (exact) mass is 269 g/mol. The first kappa shape index (κ1) is 12.3. The molecule has 0 aliphatic carbocycles. The third-order valence-electron chi connectivity index (χ3n) is 2.95. The van der Waals surface area contributed by atoms with Crippen LogP contribution in [0.2, 0.25) is 0 Å². The Morgan fingerprint density at radius 3 is 2.60 bits per heavy atom. The lowest BCUT2D eigenvalue weighted by Crippen LogP contribution is -1.99. The van der Waals surface area contributed by atoms with Gasteiger partial charge in [-0.25, -0.2) is 9.07 Å². The SMILES string of the molecule is Cc1nccnc1-c1nn(-c2ccccc2F)cc1N. The van der Waals surface area contributed by atoms with Crippen molar-refractivity contribution in [3.63, 3.8) is 0 Å². The summed E-state index contributed by atoms with van der Waals surface area (Å²) in [6.45, 7) is 1.82. The fourth-order valence-corrected chi connectivity index (χ4v) is 1.97. The van der Waals surface area contributed by atoms with Gasteiger partial charge < -0.3 is 5.73 Å². The first-order valence-corrected chi connectivity index (χ1v) is 6.05. The third kappa shape index (κ3) is 2.01. The van der Waals surface area contributed by atoms with Gasteiger partial charge in [0.25, 0.3) is 0 Å². The molecule has 2 aromatic heterocycles. The molecule has 0 saturated heterocycles. The number of para-hydroxylation sites is 1. The van der Waals surface area contributed by atoms with E-state index in [9.17, 15) is 4.39 Å². The average Bonchev–Trinajstić information content (AvgIpc) is 2.81. The van der Waals surface area contributed by atoms with Crippen LogP contribution >= 0.6 is 0 Å². The maximum Gasteiger partial charge on any atom is 0.148 e. The van der Waals surface area contributed by atoms with Crippen molar-refractivity contribution < 1.29 is 4.39 Å². The van der Waals surface area contributed by atoms with Crippen LogP contribution in [0, 0.1) is 12.7 Å². The summed E-state index contributed by atoms with van der Waals surface area (Å²) in [6.07, 6.45) is 4.74. The number of hydrogen-bond acceptors (Lipinski definition) is 4. The Labute approximate surface area is 114 Å². The topological polar surface area (TPSA) is 69.6 Å². The second-order valence-electron chi connectivity index (χ2n) is 4.32. The molecule has 6 heteroatoms. The number of aryl methyl sites for hydroxylation is 1. The predicted octanol–water partition coefficient (Wildman–Crippen LogP) is 2.36. The van der Waals surface area contributed by atoms with Gasteiger partial charge >= 0.3 is 0 Å². The number of nitrogens with zero attached hydrogens (tertiary/aromatic N) is 4. The Morgan fingerprint density at radius 2 is 1.85 bits per heavy atom. The Morgan fingerprint density at radius 1 is 1.10 bits per heavy atom. The second-order valence-corrected chi connectivity index (χ2v) is 4.32. The molecule has 0 aliphatic rings. The zero-order valence-corrected chi connectivity index (χ0v) is 10.8. The molecule has 0 bridgehead atoms. The highest BCUT2D eigenvalue weighted by Crippen LogP contribution is 2.25. The summed E-state index contributed by atoms with van der Waals surface area (Å²) < 4.78 is 15.2. The largest absolute Gasteiger partial charge is 0.396 e. The summed E-state index contributed by atoms with van der Waals surface area (Å²) in [5.41, 5.74) is 8.54. The number of nitrogen functional groups attached to an aromatic ring is 1. The number of aromatic nitrogens is 4. The lowest BCUT2D eigenvalue weighted by atomic mass is 10.2. The second kappa shape index (κ2) is 4.73. The summed E-state index contributed by atoms with van der Waals surface area (Å²) in [6, 6.07) is 6.37. The van der Waals surface area contributed by atoms with Crippen molar-refractivity contribution in [2.45, 2.75) is 6.92 Å². The molecule has 5 nitrogen and oxygen atoms in total. The maximum atomic E-state index is 13.8. The smallest absolute Gasteiger partial charge is 0.148 e. The van der Waals surface area contributed by atoms with Crippen molar-refractivity contribution in [3.05, 3.63) is 54.4 Å². The Balaban J connectivity index is 2.13. The van der Waals surface area contributed by atoms with Crippen LogP contribution in [0.3, 0.4) is 0 Å². The van der Waals surface area contributed by atoms with E-state index in [0.717, 1.165) is 5.69 Å². The fourth-order valence-electron chi connectivity index (χ4n) is 1.97. The molecule has 3 aromatic rings. The molecule has 100 valence electrons. The van der Waals surface area contributed by atoms with E-state index in [1.807, 2.05) is 6.92 Å². The molecule has 0 radical (unpaired) electrons. The van der Waals surface area contributed by atoms with Crippen molar-refractivity contribution in [1.82, 2.24) is 19.7 Å². The Kier molecular flexibility index (Phi) is 2.90. The van der Waals surface area contributed by atoms with Crippen molar-refractivity contribution in [2.24, 2.45) is 0 Å². The van der Waals surface area contributed by atoms with Crippen LogP contribution in [-0.4, -0.2) is 19.7 Å². The van der Waals surface area contributed by atoms with Crippen molar-refractivity contribution in [3.8, 4) is 17.1 Å². The molecule has 0 atom stereocenters. The summed E-state index contributed by atoms with van der Waals surface area (Å²) in [4.78, 5) is 8.38. The standard InChI is InChI=1S/C14H12FN5/c1-9-13(18-7-6-17-9)14-11(16)8-20(19-14)12-5-3-2-4-10(12)15/h2-8H,16H2,1H3. The molecular formula is C14H12FN5. The highest BCUT2D eigenvalue weighted by molar-refractivity contribution is 5.70. The van der Waals surface area contributed by atoms with Gasteiger partial charge in [0.2, 0.25) is 0 Å². The third-order valence-corrected chi connectivity index (χ3v) is 2.95. The highest BCUT2D eigenvalue weighted by atomic mass is 19.1. The summed E-state index contributed by atoms with van der Waals surface area (Å²) >= 11 is 0. The minimum Gasteiger partial charge on any atom is -0.396 e. The van der Waals surface area contributed by atoms with Gasteiger partial charge in [-0.3, -0.25) is 9.97 Å². The molecule has 1 aromatic carbocycles. The lowest BCUT2D eigenvalue weighted by molar-refractivity contribution is 0.611. The average molecular weight is 269 g/mol. The molecule has 2 N–H and O–H groups in total. The van der Waals surface area contributed by atoms with Crippen LogP contribution in [0.4, 0.5) is 10.1 Å². The van der Waals surface area contributed by atoms with Crippen LogP contribution in [-0.2, 0) is 0 Å². The summed E-state index contributed by atoms with van der Waals surface area (Å²) in [5, 5.41) is 4.32. The van der Waals surface area contributed by atoms with Crippen LogP contribution < -0.4 is 5.73 Å². The molecule has 0 saturated carbocycles. The van der Waals surface area contributed by atoms with Crippen LogP contribution in [0.5, 0.6) is 0 Å². The van der Waals surface area contributed by atoms with E-state index < -0.39 is 0 Å². The maximum absolute atomic E-state index is 13.8. The molecular weight excluding hydrogens is 257 g/mol. The minimum atomic E-state index is -0.364. The van der Waals surface area contributed by atoms with Gasteiger partial charge in [-0.05, 0) is 19.1 Å². The molecule has 0 unspecified atom stereocenters. The predicted molar refractivity (Wildman–Crippen MR) is 73.7 cm³/mol. The van der Waals surface area contributed by atoms with Crippen molar-refractivity contribution in [2.75, 3.05) is 5.73 Å². The summed E-state index contributed by atoms with van der Waals surface area (Å²) in [7, 11) is 0. The quantitative estimate of drug-likeness (QED) is 0.775. The molecule has 20 heavy (non-hydrogen) atoms. The van der Waals surface area contributed by atoms with Gasteiger partial charge in [0.15, 0.2) is 0 Å². The highest BCUT2D eigenvalue weighted by Gasteiger charge is 2.14. The van der Waals surface area contributed by atoms with E-state index in [0.29, 0.717) is 22.8 Å². The van der Waals surface area contributed by atoms with Crippen molar-refractivity contribution in [1.29, 1.82) is 0 Å². The molecule has 0 fully saturated rings. The first-order valence-electron chi connectivity index (χ1n) is 6.05. The molecule has 0 spiro atoms. The van der Waals surface area contributed by atoms with E-state index in [2.05, 4.69) is 15.1 Å². The minimum absolute atomic E-state index is 0.340. The number of halogens is 1. The van der Waals surface area contributed by atoms with Crippen LogP contribution in [0.25, 0.3) is 17.1 Å². The van der Waals surface area contributed by atoms with E-state index in [1.165, 1.54) is 10.7 Å². The van der Waals surface area contributed by atoms with Gasteiger partial charge in [0.05, 0.1) is 17.6 Å². The van der Waals surface area contributed by atoms with Crippen LogP contribution in [0.1, 0.15) is 5.69 Å². The Bertz CT molecular complexity index is 766. The Hall–Kier alpha value is -2.76. The normalized spacial score (nSPS) is 10.7. The van der Waals surface area contributed by atoms with E-state index in [4.69, 9.17) is 5.73 Å². The number of benzene rings is 1. The molecule has 0 aliphatic heterocycles. The first-order chi connectivity index (χ1) is 9.66. The number of nitrogens with two attached hydrogens (primary N) is 1. The number of anilines is 1.